The quantitative estimate of drug-likeness (QED) is 0.769. The molecule has 1 heterocycles. The molecule has 1 amide bonds. The zero-order valence-electron chi connectivity index (χ0n) is 12.9. The van der Waals surface area contributed by atoms with Crippen LogP contribution < -0.4 is 15.8 Å². The minimum atomic E-state index is -0.177. The van der Waals surface area contributed by atoms with Crippen LogP contribution in [0, 0.1) is 0 Å². The summed E-state index contributed by atoms with van der Waals surface area (Å²) in [6.07, 6.45) is 0. The van der Waals surface area contributed by atoms with Gasteiger partial charge in [0.25, 0.3) is 5.91 Å². The first-order chi connectivity index (χ1) is 10.7. The molecule has 1 aromatic carbocycles. The fourth-order valence-corrected chi connectivity index (χ4v) is 2.78. The minimum absolute atomic E-state index is 0.177. The van der Waals surface area contributed by atoms with Gasteiger partial charge in [-0.05, 0) is 49.6 Å². The van der Waals surface area contributed by atoms with Crippen molar-refractivity contribution in [2.45, 2.75) is 13.8 Å². The lowest BCUT2D eigenvalue weighted by atomic mass is 10.2. The SMILES string of the molecule is C=C(NNC(=O)c1ccc(N(CC)CC)cc1)c1cccs1. The predicted octanol–water partition coefficient (Wildman–Crippen LogP) is 3.50. The van der Waals surface area contributed by atoms with Crippen molar-refractivity contribution < 1.29 is 4.79 Å². The van der Waals surface area contributed by atoms with E-state index >= 15 is 0 Å². The lowest BCUT2D eigenvalue weighted by molar-refractivity contribution is 0.0942. The molecule has 0 bridgehead atoms. The van der Waals surface area contributed by atoms with Gasteiger partial charge < -0.3 is 4.90 Å². The van der Waals surface area contributed by atoms with E-state index in [1.807, 2.05) is 41.8 Å². The van der Waals surface area contributed by atoms with Crippen LogP contribution in [-0.2, 0) is 0 Å². The predicted molar refractivity (Wildman–Crippen MR) is 94.0 cm³/mol. The van der Waals surface area contributed by atoms with E-state index in [0.717, 1.165) is 23.7 Å². The first-order valence-corrected chi connectivity index (χ1v) is 8.17. The van der Waals surface area contributed by atoms with Gasteiger partial charge in [-0.25, -0.2) is 0 Å². The molecule has 2 rings (SSSR count). The minimum Gasteiger partial charge on any atom is -0.372 e. The molecule has 22 heavy (non-hydrogen) atoms. The number of benzene rings is 1. The molecule has 0 saturated carbocycles. The number of anilines is 1. The van der Waals surface area contributed by atoms with E-state index in [1.54, 1.807) is 11.3 Å². The molecular formula is C17H21N3OS. The number of rotatable bonds is 7. The topological polar surface area (TPSA) is 44.4 Å². The molecule has 2 aromatic rings. The summed E-state index contributed by atoms with van der Waals surface area (Å²) in [7, 11) is 0. The maximum atomic E-state index is 12.1. The lowest BCUT2D eigenvalue weighted by Gasteiger charge is -2.21. The maximum absolute atomic E-state index is 12.1. The Labute approximate surface area is 135 Å². The molecule has 2 N–H and O–H groups in total. The molecule has 5 heteroatoms. The average molecular weight is 315 g/mol. The zero-order chi connectivity index (χ0) is 15.9. The van der Waals surface area contributed by atoms with E-state index in [-0.39, 0.29) is 5.91 Å². The Bertz CT molecular complexity index is 616. The Morgan fingerprint density at radius 3 is 2.36 bits per heavy atom. The van der Waals surface area contributed by atoms with Gasteiger partial charge in [0.15, 0.2) is 0 Å². The number of nitrogens with one attached hydrogen (secondary N) is 2. The number of hydrogen-bond donors (Lipinski definition) is 2. The van der Waals surface area contributed by atoms with Crippen molar-refractivity contribution in [3.63, 3.8) is 0 Å². The lowest BCUT2D eigenvalue weighted by Crippen LogP contribution is -2.35. The number of hydrazine groups is 1. The third kappa shape index (κ3) is 3.89. The number of carbonyl (C=O) groups is 1. The third-order valence-electron chi connectivity index (χ3n) is 3.40. The van der Waals surface area contributed by atoms with E-state index in [1.165, 1.54) is 0 Å². The Balaban J connectivity index is 1.94. The molecule has 0 aliphatic rings. The van der Waals surface area contributed by atoms with E-state index in [9.17, 15) is 4.79 Å². The standard InChI is InChI=1S/C17H21N3OS/c1-4-20(5-2)15-10-8-14(9-11-15)17(21)19-18-13(3)16-7-6-12-22-16/h6-12,18H,3-5H2,1-2H3,(H,19,21). The van der Waals surface area contributed by atoms with Crippen LogP contribution in [0.25, 0.3) is 5.70 Å². The maximum Gasteiger partial charge on any atom is 0.269 e. The van der Waals surface area contributed by atoms with Crippen molar-refractivity contribution >= 4 is 28.6 Å². The highest BCUT2D eigenvalue weighted by molar-refractivity contribution is 7.11. The Kier molecular flexibility index (Phi) is 5.61. The molecule has 0 aliphatic heterocycles. The van der Waals surface area contributed by atoms with Crippen LogP contribution in [0.1, 0.15) is 29.1 Å². The molecule has 0 atom stereocenters. The second kappa shape index (κ2) is 7.66. The highest BCUT2D eigenvalue weighted by Gasteiger charge is 2.08. The van der Waals surface area contributed by atoms with Crippen LogP contribution in [0.2, 0.25) is 0 Å². The number of nitrogens with zero attached hydrogens (tertiary/aromatic N) is 1. The van der Waals surface area contributed by atoms with Crippen molar-refractivity contribution in [3.05, 3.63) is 58.8 Å². The summed E-state index contributed by atoms with van der Waals surface area (Å²) in [5.41, 5.74) is 7.94. The molecule has 0 unspecified atom stereocenters. The van der Waals surface area contributed by atoms with Crippen LogP contribution in [0.5, 0.6) is 0 Å². The summed E-state index contributed by atoms with van der Waals surface area (Å²) < 4.78 is 0. The summed E-state index contributed by atoms with van der Waals surface area (Å²) in [5.74, 6) is -0.177. The summed E-state index contributed by atoms with van der Waals surface area (Å²) in [4.78, 5) is 15.3. The molecule has 0 saturated heterocycles. The number of hydrogen-bond acceptors (Lipinski definition) is 4. The molecule has 116 valence electrons. The fourth-order valence-electron chi connectivity index (χ4n) is 2.13. The van der Waals surface area contributed by atoms with Crippen LogP contribution in [0.15, 0.2) is 48.4 Å². The summed E-state index contributed by atoms with van der Waals surface area (Å²) in [6.45, 7) is 10.0. The average Bonchev–Trinajstić information content (AvgIpc) is 3.08. The Morgan fingerprint density at radius 2 is 1.82 bits per heavy atom. The zero-order valence-corrected chi connectivity index (χ0v) is 13.7. The van der Waals surface area contributed by atoms with Gasteiger partial charge in [-0.1, -0.05) is 12.6 Å². The van der Waals surface area contributed by atoms with Gasteiger partial charge in [-0.2, -0.15) is 0 Å². The van der Waals surface area contributed by atoms with Crippen LogP contribution in [0.3, 0.4) is 0 Å². The number of carbonyl (C=O) groups excluding carboxylic acids is 1. The van der Waals surface area contributed by atoms with Gasteiger partial charge in [0.1, 0.15) is 0 Å². The van der Waals surface area contributed by atoms with E-state index < -0.39 is 0 Å². The van der Waals surface area contributed by atoms with Gasteiger partial charge in [0.05, 0.1) is 10.6 Å². The van der Waals surface area contributed by atoms with Crippen molar-refractivity contribution in [3.8, 4) is 0 Å². The highest BCUT2D eigenvalue weighted by atomic mass is 32.1. The summed E-state index contributed by atoms with van der Waals surface area (Å²) >= 11 is 1.57. The Morgan fingerprint density at radius 1 is 1.14 bits per heavy atom. The van der Waals surface area contributed by atoms with Crippen LogP contribution in [-0.4, -0.2) is 19.0 Å². The van der Waals surface area contributed by atoms with Gasteiger partial charge in [-0.15, -0.1) is 11.3 Å². The van der Waals surface area contributed by atoms with Crippen molar-refractivity contribution in [2.75, 3.05) is 18.0 Å². The largest absolute Gasteiger partial charge is 0.372 e. The molecule has 0 radical (unpaired) electrons. The van der Waals surface area contributed by atoms with E-state index in [0.29, 0.717) is 11.3 Å². The first kappa shape index (κ1) is 16.1. The van der Waals surface area contributed by atoms with Crippen molar-refractivity contribution in [2.24, 2.45) is 0 Å². The molecule has 4 nitrogen and oxygen atoms in total. The van der Waals surface area contributed by atoms with Gasteiger partial charge in [0, 0.05) is 24.3 Å². The smallest absolute Gasteiger partial charge is 0.269 e. The third-order valence-corrected chi connectivity index (χ3v) is 4.33. The molecule has 0 aliphatic carbocycles. The monoisotopic (exact) mass is 315 g/mol. The molecule has 1 aromatic heterocycles. The second-order valence-electron chi connectivity index (χ2n) is 4.75. The van der Waals surface area contributed by atoms with E-state index in [4.69, 9.17) is 0 Å². The molecule has 0 fully saturated rings. The molecule has 0 spiro atoms. The fraction of sp³-hybridized carbons (Fsp3) is 0.235. The highest BCUT2D eigenvalue weighted by Crippen LogP contribution is 2.16. The Hall–Kier alpha value is -2.27. The number of amides is 1. The van der Waals surface area contributed by atoms with Gasteiger partial charge in [-0.3, -0.25) is 15.6 Å². The molecular weight excluding hydrogens is 294 g/mol. The van der Waals surface area contributed by atoms with Gasteiger partial charge in [0.2, 0.25) is 0 Å². The van der Waals surface area contributed by atoms with Crippen LogP contribution >= 0.6 is 11.3 Å². The first-order valence-electron chi connectivity index (χ1n) is 7.29. The van der Waals surface area contributed by atoms with Crippen molar-refractivity contribution in [1.29, 1.82) is 0 Å². The van der Waals surface area contributed by atoms with Gasteiger partial charge >= 0.3 is 0 Å². The summed E-state index contributed by atoms with van der Waals surface area (Å²) in [6, 6.07) is 11.5. The second-order valence-corrected chi connectivity index (χ2v) is 5.70. The number of thiophene rings is 1. The normalized spacial score (nSPS) is 10.1. The van der Waals surface area contributed by atoms with Crippen LogP contribution in [0.4, 0.5) is 5.69 Å². The van der Waals surface area contributed by atoms with Crippen molar-refractivity contribution in [1.82, 2.24) is 10.9 Å². The summed E-state index contributed by atoms with van der Waals surface area (Å²) in [5, 5.41) is 1.97. The van der Waals surface area contributed by atoms with E-state index in [2.05, 4.69) is 36.2 Å².